The van der Waals surface area contributed by atoms with E-state index in [-0.39, 0.29) is 12.0 Å². The third-order valence-corrected chi connectivity index (χ3v) is 3.51. The van der Waals surface area contributed by atoms with Crippen LogP contribution in [0.1, 0.15) is 13.8 Å². The number of nitrogen functional groups attached to an aromatic ring is 1. The number of nitrogens with zero attached hydrogens (tertiary/aromatic N) is 4. The van der Waals surface area contributed by atoms with Gasteiger partial charge >= 0.3 is 6.01 Å². The lowest BCUT2D eigenvalue weighted by Gasteiger charge is -2.18. The SMILES string of the molecule is CCN(CC)c1nc(N)nc(Oc2ccc(Cl)c(Cl)c2)n1. The highest BCUT2D eigenvalue weighted by molar-refractivity contribution is 6.42. The van der Waals surface area contributed by atoms with E-state index in [2.05, 4.69) is 15.0 Å². The van der Waals surface area contributed by atoms with E-state index in [0.717, 1.165) is 13.1 Å². The van der Waals surface area contributed by atoms with Crippen LogP contribution in [0.15, 0.2) is 18.2 Å². The normalized spacial score (nSPS) is 10.5. The first-order chi connectivity index (χ1) is 10.0. The van der Waals surface area contributed by atoms with Crippen molar-refractivity contribution in [2.75, 3.05) is 23.7 Å². The third-order valence-electron chi connectivity index (χ3n) is 2.77. The number of anilines is 2. The molecule has 0 saturated carbocycles. The highest BCUT2D eigenvalue weighted by Crippen LogP contribution is 2.28. The first kappa shape index (κ1) is 15.6. The van der Waals surface area contributed by atoms with Gasteiger partial charge in [0.2, 0.25) is 11.9 Å². The Hall–Kier alpha value is -1.79. The summed E-state index contributed by atoms with van der Waals surface area (Å²) in [6, 6.07) is 5.00. The van der Waals surface area contributed by atoms with Gasteiger partial charge in [-0.15, -0.1) is 0 Å². The second-order valence-electron chi connectivity index (χ2n) is 4.13. The van der Waals surface area contributed by atoms with Gasteiger partial charge in [0, 0.05) is 19.2 Å². The van der Waals surface area contributed by atoms with Crippen LogP contribution in [-0.4, -0.2) is 28.0 Å². The van der Waals surface area contributed by atoms with Gasteiger partial charge in [0.1, 0.15) is 5.75 Å². The molecule has 0 bridgehead atoms. The number of halogens is 2. The molecule has 0 radical (unpaired) electrons. The van der Waals surface area contributed by atoms with Crippen LogP contribution in [0.5, 0.6) is 11.8 Å². The summed E-state index contributed by atoms with van der Waals surface area (Å²) in [7, 11) is 0. The Labute approximate surface area is 132 Å². The largest absolute Gasteiger partial charge is 0.424 e. The molecule has 21 heavy (non-hydrogen) atoms. The van der Waals surface area contributed by atoms with Crippen LogP contribution < -0.4 is 15.4 Å². The number of ether oxygens (including phenoxy) is 1. The summed E-state index contributed by atoms with van der Waals surface area (Å²) in [4.78, 5) is 14.3. The summed E-state index contributed by atoms with van der Waals surface area (Å²) < 4.78 is 5.56. The van der Waals surface area contributed by atoms with Gasteiger partial charge in [0.25, 0.3) is 0 Å². The van der Waals surface area contributed by atoms with Gasteiger partial charge in [0.15, 0.2) is 0 Å². The topological polar surface area (TPSA) is 77.2 Å². The van der Waals surface area contributed by atoms with Crippen LogP contribution in [0.3, 0.4) is 0 Å². The van der Waals surface area contributed by atoms with E-state index >= 15 is 0 Å². The Morgan fingerprint density at radius 2 is 1.81 bits per heavy atom. The molecule has 6 nitrogen and oxygen atoms in total. The lowest BCUT2D eigenvalue weighted by molar-refractivity contribution is 0.440. The van der Waals surface area contributed by atoms with Gasteiger partial charge in [-0.1, -0.05) is 23.2 Å². The standard InChI is InChI=1S/C13H15Cl2N5O/c1-3-20(4-2)12-17-11(16)18-13(19-12)21-8-5-6-9(14)10(15)7-8/h5-7H,3-4H2,1-2H3,(H2,16,17,18,19). The molecule has 0 atom stereocenters. The van der Waals surface area contributed by atoms with Crippen molar-refractivity contribution in [3.05, 3.63) is 28.2 Å². The molecule has 2 N–H and O–H groups in total. The smallest absolute Gasteiger partial charge is 0.328 e. The van der Waals surface area contributed by atoms with E-state index in [9.17, 15) is 0 Å². The monoisotopic (exact) mass is 327 g/mol. The van der Waals surface area contributed by atoms with Gasteiger partial charge in [-0.3, -0.25) is 0 Å². The minimum atomic E-state index is 0.0990. The molecule has 8 heteroatoms. The van der Waals surface area contributed by atoms with E-state index < -0.39 is 0 Å². The zero-order valence-electron chi connectivity index (χ0n) is 11.7. The number of aromatic nitrogens is 3. The van der Waals surface area contributed by atoms with Gasteiger partial charge in [-0.05, 0) is 26.0 Å². The maximum Gasteiger partial charge on any atom is 0.328 e. The second kappa shape index (κ2) is 6.78. The number of hydrogen-bond donors (Lipinski definition) is 1. The Bertz CT molecular complexity index is 634. The second-order valence-corrected chi connectivity index (χ2v) is 4.94. The summed E-state index contributed by atoms with van der Waals surface area (Å²) in [5.74, 6) is 1.05. The van der Waals surface area contributed by atoms with Crippen molar-refractivity contribution < 1.29 is 4.74 Å². The van der Waals surface area contributed by atoms with Crippen LogP contribution >= 0.6 is 23.2 Å². The van der Waals surface area contributed by atoms with Crippen molar-refractivity contribution >= 4 is 35.1 Å². The molecule has 1 aromatic heterocycles. The van der Waals surface area contributed by atoms with Crippen LogP contribution in [0.25, 0.3) is 0 Å². The molecule has 0 saturated heterocycles. The summed E-state index contributed by atoms with van der Waals surface area (Å²) in [5, 5.41) is 0.836. The maximum absolute atomic E-state index is 5.94. The number of hydrogen-bond acceptors (Lipinski definition) is 6. The van der Waals surface area contributed by atoms with Crippen LogP contribution in [0, 0.1) is 0 Å². The molecule has 0 amide bonds. The number of rotatable bonds is 5. The van der Waals surface area contributed by atoms with Crippen LogP contribution in [0.4, 0.5) is 11.9 Å². The van der Waals surface area contributed by atoms with E-state index in [1.54, 1.807) is 18.2 Å². The molecular weight excluding hydrogens is 313 g/mol. The van der Waals surface area contributed by atoms with Crippen molar-refractivity contribution in [3.8, 4) is 11.8 Å². The van der Waals surface area contributed by atoms with E-state index in [0.29, 0.717) is 21.7 Å². The number of benzene rings is 1. The molecule has 0 aliphatic heterocycles. The highest BCUT2D eigenvalue weighted by atomic mass is 35.5. The predicted molar refractivity (Wildman–Crippen MR) is 84.3 cm³/mol. The highest BCUT2D eigenvalue weighted by Gasteiger charge is 2.11. The Kier molecular flexibility index (Phi) is 5.03. The molecule has 112 valence electrons. The zero-order chi connectivity index (χ0) is 15.4. The predicted octanol–water partition coefficient (Wildman–Crippen LogP) is 3.40. The van der Waals surface area contributed by atoms with Gasteiger partial charge < -0.3 is 15.4 Å². The van der Waals surface area contributed by atoms with Gasteiger partial charge in [-0.2, -0.15) is 15.0 Å². The molecule has 2 aromatic rings. The Morgan fingerprint density at radius 1 is 1.10 bits per heavy atom. The summed E-state index contributed by atoms with van der Waals surface area (Å²) in [6.45, 7) is 5.52. The molecule has 0 aliphatic rings. The zero-order valence-corrected chi connectivity index (χ0v) is 13.2. The molecular formula is C13H15Cl2N5O. The first-order valence-corrected chi connectivity index (χ1v) is 7.18. The molecule has 1 heterocycles. The van der Waals surface area contributed by atoms with Crippen molar-refractivity contribution in [3.63, 3.8) is 0 Å². The molecule has 0 unspecified atom stereocenters. The van der Waals surface area contributed by atoms with Crippen LogP contribution in [-0.2, 0) is 0 Å². The van der Waals surface area contributed by atoms with Crippen molar-refractivity contribution in [1.82, 2.24) is 15.0 Å². The fraction of sp³-hybridized carbons (Fsp3) is 0.308. The Balaban J connectivity index is 2.29. The lowest BCUT2D eigenvalue weighted by Crippen LogP contribution is -2.25. The average Bonchev–Trinajstić information content (AvgIpc) is 2.44. The quantitative estimate of drug-likeness (QED) is 0.906. The van der Waals surface area contributed by atoms with Crippen molar-refractivity contribution in [1.29, 1.82) is 0 Å². The molecule has 0 fully saturated rings. The van der Waals surface area contributed by atoms with Gasteiger partial charge in [-0.25, -0.2) is 0 Å². The Morgan fingerprint density at radius 3 is 2.43 bits per heavy atom. The van der Waals surface area contributed by atoms with Crippen molar-refractivity contribution in [2.45, 2.75) is 13.8 Å². The molecule has 0 spiro atoms. The summed E-state index contributed by atoms with van der Waals surface area (Å²) >= 11 is 11.8. The third kappa shape index (κ3) is 3.86. The minimum Gasteiger partial charge on any atom is -0.424 e. The lowest BCUT2D eigenvalue weighted by atomic mass is 10.3. The maximum atomic E-state index is 5.94. The first-order valence-electron chi connectivity index (χ1n) is 6.42. The molecule has 0 aliphatic carbocycles. The van der Waals surface area contributed by atoms with E-state index in [1.807, 2.05) is 18.7 Å². The van der Waals surface area contributed by atoms with E-state index in [1.165, 1.54) is 0 Å². The summed E-state index contributed by atoms with van der Waals surface area (Å²) in [5.41, 5.74) is 5.70. The van der Waals surface area contributed by atoms with Crippen LogP contribution in [0.2, 0.25) is 10.0 Å². The molecule has 1 aromatic carbocycles. The van der Waals surface area contributed by atoms with E-state index in [4.69, 9.17) is 33.7 Å². The average molecular weight is 328 g/mol. The fourth-order valence-corrected chi connectivity index (χ4v) is 1.99. The fourth-order valence-electron chi connectivity index (χ4n) is 1.70. The summed E-state index contributed by atoms with van der Waals surface area (Å²) in [6.07, 6.45) is 0. The minimum absolute atomic E-state index is 0.0990. The van der Waals surface area contributed by atoms with Crippen molar-refractivity contribution in [2.24, 2.45) is 0 Å². The molecule has 2 rings (SSSR count). The number of nitrogens with two attached hydrogens (primary N) is 1. The van der Waals surface area contributed by atoms with Gasteiger partial charge in [0.05, 0.1) is 10.0 Å².